The first-order valence-electron chi connectivity index (χ1n) is 10.2. The molecule has 0 aromatic rings. The van der Waals surface area contributed by atoms with Crippen molar-refractivity contribution in [3.63, 3.8) is 0 Å². The van der Waals surface area contributed by atoms with Gasteiger partial charge in [-0.15, -0.1) is 0 Å². The summed E-state index contributed by atoms with van der Waals surface area (Å²) in [6, 6.07) is 0. The van der Waals surface area contributed by atoms with Crippen LogP contribution in [0.3, 0.4) is 0 Å². The normalized spacial score (nSPS) is 51.8. The van der Waals surface area contributed by atoms with Gasteiger partial charge in [0.05, 0.1) is 0 Å². The molecule has 2 heteroatoms. The molecule has 3 saturated carbocycles. The summed E-state index contributed by atoms with van der Waals surface area (Å²) in [6.45, 7) is 6.92. The van der Waals surface area contributed by atoms with Gasteiger partial charge in [0.1, 0.15) is 6.17 Å². The maximum Gasteiger partial charge on any atom is 0.155 e. The van der Waals surface area contributed by atoms with Crippen LogP contribution in [0.2, 0.25) is 0 Å². The van der Waals surface area contributed by atoms with Crippen molar-refractivity contribution in [1.82, 2.24) is 0 Å². The van der Waals surface area contributed by atoms with E-state index in [2.05, 4.69) is 20.8 Å². The van der Waals surface area contributed by atoms with E-state index in [4.69, 9.17) is 0 Å². The number of carbonyl (C=O) groups is 1. The SMILES string of the molecule is CC1CCC2(CC1F)C(C)CCC1C2CCC2=CC(=O)CCC21C. The number of allylic oxidation sites excluding steroid dienone is 2. The molecule has 0 amide bonds. The molecule has 1 spiro atoms. The molecule has 0 heterocycles. The summed E-state index contributed by atoms with van der Waals surface area (Å²) in [5, 5.41) is 0. The highest BCUT2D eigenvalue weighted by molar-refractivity contribution is 5.91. The number of halogens is 1. The number of rotatable bonds is 0. The molecule has 134 valence electrons. The Morgan fingerprint density at radius 2 is 1.83 bits per heavy atom. The predicted octanol–water partition coefficient (Wildman–Crippen LogP) is 5.88. The molecule has 0 aromatic heterocycles. The first-order valence-corrected chi connectivity index (χ1v) is 10.2. The maximum atomic E-state index is 14.8. The second-order valence-corrected chi connectivity index (χ2v) is 9.75. The van der Waals surface area contributed by atoms with Gasteiger partial charge in [0.25, 0.3) is 0 Å². The van der Waals surface area contributed by atoms with Gasteiger partial charge in [0.2, 0.25) is 0 Å². The van der Waals surface area contributed by atoms with Crippen molar-refractivity contribution >= 4 is 5.78 Å². The second kappa shape index (κ2) is 5.68. The molecule has 3 fully saturated rings. The molecular weight excluding hydrogens is 299 g/mol. The summed E-state index contributed by atoms with van der Waals surface area (Å²) in [7, 11) is 0. The van der Waals surface area contributed by atoms with Gasteiger partial charge >= 0.3 is 0 Å². The molecule has 0 radical (unpaired) electrons. The number of carbonyl (C=O) groups excluding carboxylic acids is 1. The molecule has 4 aliphatic carbocycles. The van der Waals surface area contributed by atoms with E-state index in [1.54, 1.807) is 0 Å². The summed E-state index contributed by atoms with van der Waals surface area (Å²) in [5.41, 5.74) is 1.86. The van der Waals surface area contributed by atoms with Crippen molar-refractivity contribution in [3.8, 4) is 0 Å². The van der Waals surface area contributed by atoms with Crippen molar-refractivity contribution in [1.29, 1.82) is 0 Å². The van der Waals surface area contributed by atoms with Crippen LogP contribution in [0.25, 0.3) is 0 Å². The minimum atomic E-state index is -0.613. The van der Waals surface area contributed by atoms with Crippen molar-refractivity contribution in [2.24, 2.45) is 34.5 Å². The predicted molar refractivity (Wildman–Crippen MR) is 95.4 cm³/mol. The summed E-state index contributed by atoms with van der Waals surface area (Å²) in [6.07, 6.45) is 11.0. The van der Waals surface area contributed by atoms with Gasteiger partial charge < -0.3 is 0 Å². The Bertz CT molecular complexity index is 566. The van der Waals surface area contributed by atoms with Gasteiger partial charge in [-0.25, -0.2) is 4.39 Å². The fraction of sp³-hybridized carbons (Fsp3) is 0.864. The second-order valence-electron chi connectivity index (χ2n) is 9.75. The third kappa shape index (κ3) is 2.27. The lowest BCUT2D eigenvalue weighted by atomic mass is 9.42. The zero-order valence-electron chi connectivity index (χ0n) is 15.6. The Labute approximate surface area is 146 Å². The Balaban J connectivity index is 1.70. The van der Waals surface area contributed by atoms with Crippen LogP contribution in [0, 0.1) is 34.5 Å². The van der Waals surface area contributed by atoms with Gasteiger partial charge in [0.15, 0.2) is 5.78 Å². The molecule has 0 saturated heterocycles. The highest BCUT2D eigenvalue weighted by atomic mass is 19.1. The summed E-state index contributed by atoms with van der Waals surface area (Å²) >= 11 is 0. The maximum absolute atomic E-state index is 14.8. The number of fused-ring (bicyclic) bond motifs is 4. The summed E-state index contributed by atoms with van der Waals surface area (Å²) in [4.78, 5) is 11.9. The first-order chi connectivity index (χ1) is 11.4. The standard InChI is InChI=1S/C22H33FO/c1-14-8-11-22(13-20(14)23)15(2)4-6-18-19(22)7-5-16-12-17(24)9-10-21(16,18)3/h12,14-15,18-20H,4-11,13H2,1-3H3. The Morgan fingerprint density at radius 1 is 1.04 bits per heavy atom. The highest BCUT2D eigenvalue weighted by Crippen LogP contribution is 2.66. The summed E-state index contributed by atoms with van der Waals surface area (Å²) in [5.74, 6) is 2.56. The number of hydrogen-bond donors (Lipinski definition) is 0. The van der Waals surface area contributed by atoms with Crippen LogP contribution in [-0.4, -0.2) is 12.0 Å². The minimum absolute atomic E-state index is 0.207. The average Bonchev–Trinajstić information content (AvgIpc) is 2.55. The molecule has 0 bridgehead atoms. The topological polar surface area (TPSA) is 17.1 Å². The van der Waals surface area contributed by atoms with Crippen LogP contribution in [-0.2, 0) is 4.79 Å². The number of alkyl halides is 1. The van der Waals surface area contributed by atoms with Gasteiger partial charge in [0, 0.05) is 6.42 Å². The molecule has 0 N–H and O–H groups in total. The van der Waals surface area contributed by atoms with E-state index in [-0.39, 0.29) is 16.7 Å². The van der Waals surface area contributed by atoms with Crippen LogP contribution in [0.1, 0.15) is 78.6 Å². The molecule has 7 unspecified atom stereocenters. The number of hydrogen-bond acceptors (Lipinski definition) is 1. The Morgan fingerprint density at radius 3 is 2.58 bits per heavy atom. The molecule has 0 aromatic carbocycles. The molecular formula is C22H33FO. The van der Waals surface area contributed by atoms with Crippen molar-refractivity contribution in [3.05, 3.63) is 11.6 Å². The van der Waals surface area contributed by atoms with Gasteiger partial charge in [-0.3, -0.25) is 4.79 Å². The minimum Gasteiger partial charge on any atom is -0.295 e. The quantitative estimate of drug-likeness (QED) is 0.541. The fourth-order valence-corrected chi connectivity index (χ4v) is 7.13. The van der Waals surface area contributed by atoms with Crippen LogP contribution in [0.4, 0.5) is 4.39 Å². The largest absolute Gasteiger partial charge is 0.295 e. The van der Waals surface area contributed by atoms with E-state index in [9.17, 15) is 9.18 Å². The van der Waals surface area contributed by atoms with Crippen LogP contribution < -0.4 is 0 Å². The van der Waals surface area contributed by atoms with Crippen LogP contribution in [0.15, 0.2) is 11.6 Å². The van der Waals surface area contributed by atoms with E-state index in [0.717, 1.165) is 25.7 Å². The average molecular weight is 333 g/mol. The molecule has 7 atom stereocenters. The van der Waals surface area contributed by atoms with Crippen LogP contribution in [0.5, 0.6) is 0 Å². The van der Waals surface area contributed by atoms with E-state index >= 15 is 0 Å². The van der Waals surface area contributed by atoms with Gasteiger partial charge in [-0.2, -0.15) is 0 Å². The molecule has 1 nitrogen and oxygen atoms in total. The Hall–Kier alpha value is -0.660. The van der Waals surface area contributed by atoms with Gasteiger partial charge in [-0.1, -0.05) is 26.3 Å². The molecule has 4 rings (SSSR count). The van der Waals surface area contributed by atoms with E-state index < -0.39 is 6.17 Å². The zero-order chi connectivity index (χ0) is 17.1. The zero-order valence-corrected chi connectivity index (χ0v) is 15.6. The monoisotopic (exact) mass is 332 g/mol. The smallest absolute Gasteiger partial charge is 0.155 e. The van der Waals surface area contributed by atoms with Gasteiger partial charge in [-0.05, 0) is 91.9 Å². The first kappa shape index (κ1) is 16.8. The lowest BCUT2D eigenvalue weighted by Crippen LogP contribution is -2.55. The Kier molecular flexibility index (Phi) is 3.97. The molecule has 24 heavy (non-hydrogen) atoms. The van der Waals surface area contributed by atoms with E-state index in [1.165, 1.54) is 31.3 Å². The fourth-order valence-electron chi connectivity index (χ4n) is 7.13. The lowest BCUT2D eigenvalue weighted by Gasteiger charge is -2.62. The number of ketones is 1. The molecule has 4 aliphatic rings. The highest BCUT2D eigenvalue weighted by Gasteiger charge is 2.58. The lowest BCUT2D eigenvalue weighted by molar-refractivity contribution is -0.124. The summed E-state index contributed by atoms with van der Waals surface area (Å²) < 4.78 is 14.8. The third-order valence-electron chi connectivity index (χ3n) is 8.88. The van der Waals surface area contributed by atoms with E-state index in [1.807, 2.05) is 6.08 Å². The van der Waals surface area contributed by atoms with Crippen molar-refractivity contribution in [2.75, 3.05) is 0 Å². The van der Waals surface area contributed by atoms with Crippen LogP contribution >= 0.6 is 0 Å². The molecule has 0 aliphatic heterocycles. The third-order valence-corrected chi connectivity index (χ3v) is 8.88. The van der Waals surface area contributed by atoms with Crippen molar-refractivity contribution < 1.29 is 9.18 Å². The van der Waals surface area contributed by atoms with E-state index in [0.29, 0.717) is 30.0 Å². The van der Waals surface area contributed by atoms with Crippen molar-refractivity contribution in [2.45, 2.75) is 84.7 Å².